The number of hydrogen-bond acceptors (Lipinski definition) is 1. The van der Waals surface area contributed by atoms with E-state index in [0.717, 1.165) is 44.8 Å². The third-order valence-electron chi connectivity index (χ3n) is 4.51. The first-order chi connectivity index (χ1) is 11.2. The zero-order valence-corrected chi connectivity index (χ0v) is 12.5. The molecule has 23 heavy (non-hydrogen) atoms. The number of aromatic nitrogens is 2. The fourth-order valence-electron chi connectivity index (χ4n) is 3.64. The summed E-state index contributed by atoms with van der Waals surface area (Å²) in [5, 5.41) is 2.02. The first-order valence-electron chi connectivity index (χ1n) is 7.62. The standard InChI is InChI=1S/C20H13FN2/c1-12-22-19-17-11-14(21)10-13-6-5-9-16(18(13)17)20(19)23(12)15-7-3-2-4-8-15/h2-11H,1H3. The van der Waals surface area contributed by atoms with Crippen LogP contribution in [-0.4, -0.2) is 9.55 Å². The lowest BCUT2D eigenvalue weighted by atomic mass is 10.0. The predicted molar refractivity (Wildman–Crippen MR) is 90.2 cm³/mol. The topological polar surface area (TPSA) is 17.8 Å². The van der Waals surface area contributed by atoms with Gasteiger partial charge >= 0.3 is 0 Å². The number of para-hydroxylation sites is 1. The van der Waals surface area contributed by atoms with Crippen LogP contribution >= 0.6 is 0 Å². The molecule has 0 saturated carbocycles. The summed E-state index contributed by atoms with van der Waals surface area (Å²) in [6, 6.07) is 19.4. The number of hydrogen-bond donors (Lipinski definition) is 0. The van der Waals surface area contributed by atoms with E-state index in [1.807, 2.05) is 37.3 Å². The fraction of sp³-hybridized carbons (Fsp3) is 0.0500. The van der Waals surface area contributed by atoms with Crippen LogP contribution in [0.5, 0.6) is 0 Å². The van der Waals surface area contributed by atoms with Gasteiger partial charge in [-0.1, -0.05) is 36.4 Å². The fourth-order valence-corrected chi connectivity index (χ4v) is 3.64. The van der Waals surface area contributed by atoms with E-state index in [1.165, 1.54) is 0 Å². The van der Waals surface area contributed by atoms with Crippen molar-refractivity contribution in [2.24, 2.45) is 0 Å². The highest BCUT2D eigenvalue weighted by molar-refractivity contribution is 6.13. The molecule has 3 heteroatoms. The third-order valence-corrected chi connectivity index (χ3v) is 4.51. The van der Waals surface area contributed by atoms with Gasteiger partial charge in [0.15, 0.2) is 0 Å². The van der Waals surface area contributed by atoms with Crippen molar-refractivity contribution in [3.05, 3.63) is 72.3 Å². The van der Waals surface area contributed by atoms with Gasteiger partial charge < -0.3 is 0 Å². The highest BCUT2D eigenvalue weighted by Gasteiger charge is 2.28. The molecule has 4 aromatic rings. The predicted octanol–water partition coefficient (Wildman–Crippen LogP) is 5.12. The van der Waals surface area contributed by atoms with E-state index in [0.29, 0.717) is 0 Å². The zero-order valence-electron chi connectivity index (χ0n) is 12.5. The van der Waals surface area contributed by atoms with Gasteiger partial charge in [0.25, 0.3) is 0 Å². The summed E-state index contributed by atoms with van der Waals surface area (Å²) in [7, 11) is 0. The molecule has 0 unspecified atom stereocenters. The number of fused-ring (bicyclic) bond motifs is 3. The summed E-state index contributed by atoms with van der Waals surface area (Å²) < 4.78 is 16.2. The van der Waals surface area contributed by atoms with Gasteiger partial charge in [-0.15, -0.1) is 0 Å². The molecule has 110 valence electrons. The first-order valence-corrected chi connectivity index (χ1v) is 7.62. The van der Waals surface area contributed by atoms with Crippen LogP contribution < -0.4 is 0 Å². The minimum Gasteiger partial charge on any atom is -0.296 e. The van der Waals surface area contributed by atoms with Crippen LogP contribution in [0.2, 0.25) is 0 Å². The number of imidazole rings is 1. The van der Waals surface area contributed by atoms with Crippen LogP contribution in [-0.2, 0) is 0 Å². The second-order valence-electron chi connectivity index (χ2n) is 5.88. The number of benzene rings is 3. The van der Waals surface area contributed by atoms with E-state index in [4.69, 9.17) is 4.98 Å². The lowest BCUT2D eigenvalue weighted by Crippen LogP contribution is -1.98. The Morgan fingerprint density at radius 3 is 2.57 bits per heavy atom. The molecule has 3 aromatic carbocycles. The van der Waals surface area contributed by atoms with Crippen LogP contribution in [0.3, 0.4) is 0 Å². The van der Waals surface area contributed by atoms with Gasteiger partial charge in [0.05, 0.1) is 11.4 Å². The van der Waals surface area contributed by atoms with Gasteiger partial charge in [-0.05, 0) is 36.6 Å². The molecule has 1 heterocycles. The van der Waals surface area contributed by atoms with Crippen molar-refractivity contribution < 1.29 is 4.39 Å². The molecule has 0 aliphatic heterocycles. The molecular formula is C20H13FN2. The molecule has 1 aliphatic carbocycles. The highest BCUT2D eigenvalue weighted by atomic mass is 19.1. The lowest BCUT2D eigenvalue weighted by Gasteiger charge is -2.10. The van der Waals surface area contributed by atoms with E-state index < -0.39 is 0 Å². The summed E-state index contributed by atoms with van der Waals surface area (Å²) in [4.78, 5) is 4.74. The normalized spacial score (nSPS) is 11.9. The zero-order chi connectivity index (χ0) is 15.6. The molecule has 0 spiro atoms. The Labute approximate surface area is 132 Å². The molecular weight excluding hydrogens is 287 g/mol. The minimum absolute atomic E-state index is 0.218. The van der Waals surface area contributed by atoms with Crippen molar-refractivity contribution in [2.45, 2.75) is 6.92 Å². The minimum atomic E-state index is -0.218. The average molecular weight is 300 g/mol. The molecule has 0 amide bonds. The van der Waals surface area contributed by atoms with E-state index in [1.54, 1.807) is 12.1 Å². The van der Waals surface area contributed by atoms with Gasteiger partial charge in [0.1, 0.15) is 11.6 Å². The SMILES string of the molecule is Cc1nc2c(n1-c1ccccc1)-c1cccc3cc(F)cc-2c13. The maximum atomic E-state index is 14.0. The molecule has 0 radical (unpaired) electrons. The van der Waals surface area contributed by atoms with Crippen molar-refractivity contribution >= 4 is 10.8 Å². The molecule has 5 rings (SSSR count). The summed E-state index contributed by atoms with van der Waals surface area (Å²) in [6.07, 6.45) is 0. The second-order valence-corrected chi connectivity index (χ2v) is 5.88. The van der Waals surface area contributed by atoms with E-state index in [2.05, 4.69) is 22.8 Å². The summed E-state index contributed by atoms with van der Waals surface area (Å²) in [5.74, 6) is 0.692. The molecule has 0 fully saturated rings. The second kappa shape index (κ2) is 4.29. The molecule has 2 nitrogen and oxygen atoms in total. The molecule has 0 atom stereocenters. The Kier molecular flexibility index (Phi) is 2.35. The Hall–Kier alpha value is -2.94. The Balaban J connectivity index is 1.93. The van der Waals surface area contributed by atoms with Crippen LogP contribution in [0.1, 0.15) is 5.82 Å². The molecule has 0 N–H and O–H groups in total. The van der Waals surface area contributed by atoms with Crippen LogP contribution in [0.15, 0.2) is 60.7 Å². The van der Waals surface area contributed by atoms with Crippen LogP contribution in [0.25, 0.3) is 39.0 Å². The quantitative estimate of drug-likeness (QED) is 0.420. The maximum absolute atomic E-state index is 14.0. The van der Waals surface area contributed by atoms with Gasteiger partial charge in [0, 0.05) is 22.2 Å². The number of rotatable bonds is 1. The lowest BCUT2D eigenvalue weighted by molar-refractivity contribution is 0.630. The average Bonchev–Trinajstić information content (AvgIpc) is 3.04. The van der Waals surface area contributed by atoms with Crippen LogP contribution in [0.4, 0.5) is 4.39 Å². The first kappa shape index (κ1) is 12.6. The summed E-state index contributed by atoms with van der Waals surface area (Å²) in [5.41, 5.74) is 5.02. The maximum Gasteiger partial charge on any atom is 0.124 e. The van der Waals surface area contributed by atoms with Crippen molar-refractivity contribution in [1.82, 2.24) is 9.55 Å². The largest absolute Gasteiger partial charge is 0.296 e. The monoisotopic (exact) mass is 300 g/mol. The molecule has 0 bridgehead atoms. The van der Waals surface area contributed by atoms with Crippen LogP contribution in [0, 0.1) is 12.7 Å². The van der Waals surface area contributed by atoms with Gasteiger partial charge in [-0.2, -0.15) is 0 Å². The third kappa shape index (κ3) is 1.59. The van der Waals surface area contributed by atoms with Gasteiger partial charge in [-0.25, -0.2) is 9.37 Å². The highest BCUT2D eigenvalue weighted by Crippen LogP contribution is 2.48. The van der Waals surface area contributed by atoms with E-state index in [-0.39, 0.29) is 5.82 Å². The molecule has 1 aliphatic rings. The van der Waals surface area contributed by atoms with Gasteiger partial charge in [-0.3, -0.25) is 4.57 Å². The van der Waals surface area contributed by atoms with Crippen molar-refractivity contribution in [3.8, 4) is 28.2 Å². The number of nitrogens with zero attached hydrogens (tertiary/aromatic N) is 2. The Morgan fingerprint density at radius 2 is 1.74 bits per heavy atom. The Morgan fingerprint density at radius 1 is 0.913 bits per heavy atom. The number of aryl methyl sites for hydroxylation is 1. The van der Waals surface area contributed by atoms with E-state index in [9.17, 15) is 4.39 Å². The molecule has 1 aromatic heterocycles. The van der Waals surface area contributed by atoms with Gasteiger partial charge in [0.2, 0.25) is 0 Å². The van der Waals surface area contributed by atoms with Crippen molar-refractivity contribution in [1.29, 1.82) is 0 Å². The number of halogens is 1. The molecule has 0 saturated heterocycles. The summed E-state index contributed by atoms with van der Waals surface area (Å²) in [6.45, 7) is 1.99. The smallest absolute Gasteiger partial charge is 0.124 e. The summed E-state index contributed by atoms with van der Waals surface area (Å²) >= 11 is 0. The Bertz CT molecular complexity index is 1080. The van der Waals surface area contributed by atoms with Crippen molar-refractivity contribution in [3.63, 3.8) is 0 Å². The van der Waals surface area contributed by atoms with Crippen molar-refractivity contribution in [2.75, 3.05) is 0 Å². The van der Waals surface area contributed by atoms with E-state index >= 15 is 0 Å².